The zero-order valence-electron chi connectivity index (χ0n) is 13.3. The monoisotopic (exact) mass is 382 g/mol. The summed E-state index contributed by atoms with van der Waals surface area (Å²) in [6, 6.07) is 3.05. The summed E-state index contributed by atoms with van der Waals surface area (Å²) in [7, 11) is 10.6. The highest BCUT2D eigenvalue weighted by Gasteiger charge is 2.52. The van der Waals surface area contributed by atoms with E-state index in [4.69, 9.17) is 32.8 Å². The quantitative estimate of drug-likeness (QED) is 0.298. The topological polar surface area (TPSA) is 107 Å². The summed E-state index contributed by atoms with van der Waals surface area (Å²) in [5.74, 6) is -2.44. The molecule has 7 nitrogen and oxygen atoms in total. The van der Waals surface area contributed by atoms with Crippen LogP contribution in [0, 0.1) is 0 Å². The molecule has 13 heteroatoms. The lowest BCUT2D eigenvalue weighted by molar-refractivity contribution is -0.137. The second kappa shape index (κ2) is 8.67. The molecule has 0 unspecified atom stereocenters. The number of rotatable bonds is 8. The molecule has 0 saturated heterocycles. The average Bonchev–Trinajstić information content (AvgIpc) is 2.58. The van der Waals surface area contributed by atoms with E-state index >= 15 is 0 Å². The van der Waals surface area contributed by atoms with Crippen molar-refractivity contribution in [2.24, 2.45) is 0 Å². The first kappa shape index (κ1) is 22.2. The van der Waals surface area contributed by atoms with Crippen molar-refractivity contribution in [3.8, 4) is 5.75 Å². The molecule has 0 saturated carbocycles. The lowest BCUT2D eigenvalue weighted by Gasteiger charge is -2.16. The van der Waals surface area contributed by atoms with Crippen molar-refractivity contribution in [3.05, 3.63) is 28.8 Å². The Bertz CT molecular complexity index is 774. The predicted molar refractivity (Wildman–Crippen MR) is 88.3 cm³/mol. The van der Waals surface area contributed by atoms with Crippen molar-refractivity contribution in [2.75, 3.05) is 6.61 Å². The normalized spacial score (nSPS) is 11.8. The number of halogens is 2. The molecule has 0 aromatic heterocycles. The smallest absolute Gasteiger partial charge is 0.426 e. The highest BCUT2D eigenvalue weighted by molar-refractivity contribution is 7.87. The molecule has 1 rings (SSSR count). The minimum atomic E-state index is -6.00. The summed E-state index contributed by atoms with van der Waals surface area (Å²) < 4.78 is 64.3. The van der Waals surface area contributed by atoms with Gasteiger partial charge in [-0.3, -0.25) is 9.35 Å². The third-order valence-electron chi connectivity index (χ3n) is 3.13. The molecular formula is C13H11B3F2O7S. The summed E-state index contributed by atoms with van der Waals surface area (Å²) in [6.45, 7) is -1.65. The Hall–Kier alpha value is -1.88. The van der Waals surface area contributed by atoms with E-state index in [1.54, 1.807) is 0 Å². The van der Waals surface area contributed by atoms with Gasteiger partial charge >= 0.3 is 21.5 Å². The summed E-state index contributed by atoms with van der Waals surface area (Å²) in [5, 5.41) is -5.12. The van der Waals surface area contributed by atoms with Gasteiger partial charge in [0, 0.05) is 0 Å². The Morgan fingerprint density at radius 2 is 1.58 bits per heavy atom. The molecule has 6 radical (unpaired) electrons. The molecule has 1 aromatic rings. The third-order valence-corrected chi connectivity index (χ3v) is 4.01. The van der Waals surface area contributed by atoms with Crippen LogP contribution in [0.2, 0.25) is 0 Å². The van der Waals surface area contributed by atoms with Crippen molar-refractivity contribution in [1.29, 1.82) is 0 Å². The summed E-state index contributed by atoms with van der Waals surface area (Å²) in [6.07, 6.45) is -1.58. The van der Waals surface area contributed by atoms with Crippen LogP contribution in [-0.4, -0.2) is 60.3 Å². The average molecular weight is 382 g/mol. The van der Waals surface area contributed by atoms with Crippen LogP contribution in [0.15, 0.2) is 12.1 Å². The van der Waals surface area contributed by atoms with Gasteiger partial charge in [-0.15, -0.1) is 0 Å². The molecule has 26 heavy (non-hydrogen) atoms. The van der Waals surface area contributed by atoms with Gasteiger partial charge in [0.2, 0.25) is 0 Å². The number of Topliss-reactive ketones (excluding diaryl/α,β-unsaturated/α-hetero) is 1. The van der Waals surface area contributed by atoms with E-state index in [1.807, 2.05) is 0 Å². The molecule has 1 aromatic carbocycles. The van der Waals surface area contributed by atoms with Gasteiger partial charge < -0.3 is 9.47 Å². The van der Waals surface area contributed by atoms with E-state index in [1.165, 1.54) is 12.1 Å². The fourth-order valence-electron chi connectivity index (χ4n) is 1.84. The van der Waals surface area contributed by atoms with E-state index in [0.717, 1.165) is 0 Å². The van der Waals surface area contributed by atoms with E-state index < -0.39 is 33.9 Å². The number of ketones is 1. The van der Waals surface area contributed by atoms with Crippen LogP contribution < -0.4 is 4.74 Å². The van der Waals surface area contributed by atoms with Gasteiger partial charge in [0.15, 0.2) is 6.61 Å². The van der Waals surface area contributed by atoms with Crippen LogP contribution >= 0.6 is 0 Å². The summed E-state index contributed by atoms with van der Waals surface area (Å²) >= 11 is 0. The first-order valence-corrected chi connectivity index (χ1v) is 8.39. The molecule has 0 atom stereocenters. The first-order chi connectivity index (χ1) is 12.0. The molecule has 0 aliphatic carbocycles. The van der Waals surface area contributed by atoms with Crippen molar-refractivity contribution in [2.45, 2.75) is 24.2 Å². The van der Waals surface area contributed by atoms with Gasteiger partial charge in [0.25, 0.3) is 5.78 Å². The van der Waals surface area contributed by atoms with Gasteiger partial charge in [0.1, 0.15) is 5.75 Å². The lowest BCUT2D eigenvalue weighted by atomic mass is 9.85. The van der Waals surface area contributed by atoms with Gasteiger partial charge in [-0.2, -0.15) is 17.2 Å². The molecule has 0 bridgehead atoms. The van der Waals surface area contributed by atoms with Crippen molar-refractivity contribution >= 4 is 45.6 Å². The van der Waals surface area contributed by atoms with Gasteiger partial charge in [-0.05, 0) is 11.1 Å². The highest BCUT2D eigenvalue weighted by Crippen LogP contribution is 2.27. The van der Waals surface area contributed by atoms with Gasteiger partial charge in [-0.25, -0.2) is 4.79 Å². The number of alkyl halides is 2. The van der Waals surface area contributed by atoms with Crippen LogP contribution in [-0.2, 0) is 38.6 Å². The van der Waals surface area contributed by atoms with Crippen molar-refractivity contribution in [1.82, 2.24) is 0 Å². The second-order valence-electron chi connectivity index (χ2n) is 4.91. The Morgan fingerprint density at radius 1 is 1.08 bits per heavy atom. The number of benzene rings is 1. The zero-order chi connectivity index (χ0) is 20.1. The van der Waals surface area contributed by atoms with Gasteiger partial charge in [0.05, 0.1) is 23.5 Å². The maximum atomic E-state index is 13.1. The Labute approximate surface area is 152 Å². The highest BCUT2D eigenvalue weighted by atomic mass is 32.2. The van der Waals surface area contributed by atoms with E-state index in [-0.39, 0.29) is 24.7 Å². The maximum Gasteiger partial charge on any atom is 0.514 e. The molecule has 134 valence electrons. The summed E-state index contributed by atoms with van der Waals surface area (Å²) in [5.41, 5.74) is 1.29. The SMILES string of the molecule is [B]Cc1cc(C[B])c(OC(=O)OCC(=O)C(F)(F)S(=O)(=O)O)c(C[B])c1. The molecule has 0 fully saturated rings. The maximum absolute atomic E-state index is 13.1. The van der Waals surface area contributed by atoms with Gasteiger partial charge in [-0.1, -0.05) is 36.7 Å². The molecule has 0 aliphatic rings. The van der Waals surface area contributed by atoms with E-state index in [2.05, 4.69) is 4.74 Å². The Morgan fingerprint density at radius 3 is 1.96 bits per heavy atom. The number of carbonyl (C=O) groups is 2. The lowest BCUT2D eigenvalue weighted by Crippen LogP contribution is -2.40. The number of hydrogen-bond donors (Lipinski definition) is 1. The van der Waals surface area contributed by atoms with Crippen molar-refractivity contribution < 1.29 is 40.8 Å². The summed E-state index contributed by atoms with van der Waals surface area (Å²) in [4.78, 5) is 22.7. The molecule has 0 amide bonds. The fraction of sp³-hybridized carbons (Fsp3) is 0.385. The minimum absolute atomic E-state index is 0.0801. The van der Waals surface area contributed by atoms with Crippen molar-refractivity contribution in [3.63, 3.8) is 0 Å². The fourth-order valence-corrected chi connectivity index (χ4v) is 2.19. The Balaban J connectivity index is 2.91. The second-order valence-corrected chi connectivity index (χ2v) is 6.37. The zero-order valence-corrected chi connectivity index (χ0v) is 14.1. The first-order valence-electron chi connectivity index (χ1n) is 6.95. The van der Waals surface area contributed by atoms with Crippen LogP contribution in [0.5, 0.6) is 5.75 Å². The standard InChI is InChI=1S/C13H11B3F2O7S/c14-3-7-1-8(4-15)11(9(2-7)5-16)25-12(20)24-6-10(19)13(17,18)26(21,22)23/h1-2H,3-6H2,(H,21,22,23). The van der Waals surface area contributed by atoms with Crippen LogP contribution in [0.1, 0.15) is 16.7 Å². The molecule has 1 N–H and O–H groups in total. The van der Waals surface area contributed by atoms with E-state index in [9.17, 15) is 26.8 Å². The van der Waals surface area contributed by atoms with Crippen LogP contribution in [0.3, 0.4) is 0 Å². The predicted octanol–water partition coefficient (Wildman–Crippen LogP) is 0.257. The Kier molecular flexibility index (Phi) is 7.40. The number of carbonyl (C=O) groups excluding carboxylic acids is 2. The number of ether oxygens (including phenoxy) is 2. The molecular weight excluding hydrogens is 371 g/mol. The third kappa shape index (κ3) is 5.07. The van der Waals surface area contributed by atoms with E-state index in [0.29, 0.717) is 16.7 Å². The molecule has 0 spiro atoms. The number of hydrogen-bond acceptors (Lipinski definition) is 6. The minimum Gasteiger partial charge on any atom is -0.426 e. The molecule has 0 aliphatic heterocycles. The molecule has 0 heterocycles. The largest absolute Gasteiger partial charge is 0.514 e. The van der Waals surface area contributed by atoms with Crippen LogP contribution in [0.25, 0.3) is 0 Å². The van der Waals surface area contributed by atoms with Crippen LogP contribution in [0.4, 0.5) is 13.6 Å².